The number of anilines is 1. The molecule has 0 bridgehead atoms. The number of ketones is 1. The number of fused-ring (bicyclic) bond motifs is 3. The van der Waals surface area contributed by atoms with Crippen molar-refractivity contribution in [3.8, 4) is 17.0 Å². The number of carbonyl (C=O) groups excluding carboxylic acids is 3. The zero-order chi connectivity index (χ0) is 30.0. The quantitative estimate of drug-likeness (QED) is 0.287. The lowest BCUT2D eigenvalue weighted by molar-refractivity contribution is -0.138. The molecule has 3 atom stereocenters. The Kier molecular flexibility index (Phi) is 6.18. The molecular weight excluding hydrogens is 550 g/mol. The first-order chi connectivity index (χ1) is 20.7. The van der Waals surface area contributed by atoms with Gasteiger partial charge in [0, 0.05) is 42.4 Å². The van der Waals surface area contributed by atoms with Gasteiger partial charge in [0.05, 0.1) is 30.2 Å². The average Bonchev–Trinajstić information content (AvgIpc) is 3.30. The first-order valence-electron chi connectivity index (χ1n) is 14.0. The molecule has 13 nitrogen and oxygen atoms in total. The number of likely N-dealkylation sites (tertiary alicyclic amines) is 1. The number of aryl methyl sites for hydroxylation is 2. The molecule has 1 aromatic carbocycles. The van der Waals surface area contributed by atoms with Crippen LogP contribution in [0, 0.1) is 19.8 Å². The zero-order valence-corrected chi connectivity index (χ0v) is 24.1. The largest absolute Gasteiger partial charge is 0.480 e. The first kappa shape index (κ1) is 26.7. The predicted molar refractivity (Wildman–Crippen MR) is 156 cm³/mol. The fourth-order valence-corrected chi connectivity index (χ4v) is 6.04. The van der Waals surface area contributed by atoms with E-state index in [0.29, 0.717) is 28.9 Å². The molecule has 4 aromatic heterocycles. The number of benzene rings is 1. The highest BCUT2D eigenvalue weighted by molar-refractivity contribution is 6.06. The number of ether oxygens (including phenoxy) is 1. The van der Waals surface area contributed by atoms with Crippen LogP contribution in [0.4, 0.5) is 5.82 Å². The van der Waals surface area contributed by atoms with E-state index in [1.165, 1.54) is 20.2 Å². The number of hydrogen-bond donors (Lipinski definition) is 1. The molecule has 2 amide bonds. The van der Waals surface area contributed by atoms with Crippen molar-refractivity contribution >= 4 is 40.0 Å². The maximum Gasteiger partial charge on any atom is 0.248 e. The lowest BCUT2D eigenvalue weighted by atomic mass is 10.0. The van der Waals surface area contributed by atoms with Crippen LogP contribution in [0.15, 0.2) is 42.9 Å². The van der Waals surface area contributed by atoms with Gasteiger partial charge in [-0.25, -0.2) is 9.50 Å². The van der Waals surface area contributed by atoms with E-state index in [1.54, 1.807) is 27.2 Å². The molecular formula is C30H29N9O4. The summed E-state index contributed by atoms with van der Waals surface area (Å²) < 4.78 is 8.49. The summed E-state index contributed by atoms with van der Waals surface area (Å²) in [4.78, 5) is 54.3. The fourth-order valence-electron chi connectivity index (χ4n) is 6.04. The lowest BCUT2D eigenvalue weighted by Crippen LogP contribution is -2.46. The Morgan fingerprint density at radius 3 is 2.67 bits per heavy atom. The SMILES string of the molecule is COc1nc(NC(=O)[C@@H]2C[C@H]3C[C@H]3N2C(=O)Cn2nc(C(C)=O)c3cc(-c4cnc5cc(C)nn5c4)ccc32)cnc1C. The van der Waals surface area contributed by atoms with Crippen molar-refractivity contribution < 1.29 is 19.1 Å². The Labute approximate surface area is 245 Å². The van der Waals surface area contributed by atoms with Crippen molar-refractivity contribution in [2.45, 2.75) is 52.2 Å². The molecule has 0 radical (unpaired) electrons. The zero-order valence-electron chi connectivity index (χ0n) is 24.1. The van der Waals surface area contributed by atoms with E-state index in [1.807, 2.05) is 37.4 Å². The van der Waals surface area contributed by atoms with Crippen LogP contribution in [0.2, 0.25) is 0 Å². The molecule has 43 heavy (non-hydrogen) atoms. The van der Waals surface area contributed by atoms with E-state index in [-0.39, 0.29) is 47.6 Å². The van der Waals surface area contributed by atoms with Gasteiger partial charge < -0.3 is 15.0 Å². The molecule has 2 aliphatic rings. The van der Waals surface area contributed by atoms with Gasteiger partial charge in [-0.15, -0.1) is 0 Å². The normalized spacial score (nSPS) is 19.1. The van der Waals surface area contributed by atoms with Crippen LogP contribution in [0.25, 0.3) is 27.7 Å². The summed E-state index contributed by atoms with van der Waals surface area (Å²) in [7, 11) is 1.49. The number of nitrogens with one attached hydrogen (secondary N) is 1. The molecule has 1 saturated carbocycles. The summed E-state index contributed by atoms with van der Waals surface area (Å²) in [6, 6.07) is 6.92. The van der Waals surface area contributed by atoms with E-state index >= 15 is 0 Å². The second-order valence-corrected chi connectivity index (χ2v) is 11.2. The van der Waals surface area contributed by atoms with Crippen molar-refractivity contribution in [2.24, 2.45) is 5.92 Å². The number of rotatable bonds is 7. The van der Waals surface area contributed by atoms with Crippen LogP contribution in [-0.2, 0) is 16.1 Å². The number of nitrogens with zero attached hydrogens (tertiary/aromatic N) is 8. The number of methoxy groups -OCH3 is 1. The molecule has 0 spiro atoms. The Morgan fingerprint density at radius 1 is 1.05 bits per heavy atom. The third kappa shape index (κ3) is 4.66. The van der Waals surface area contributed by atoms with Crippen molar-refractivity contribution in [3.63, 3.8) is 0 Å². The van der Waals surface area contributed by atoms with Gasteiger partial charge in [-0.2, -0.15) is 15.2 Å². The molecule has 1 saturated heterocycles. The summed E-state index contributed by atoms with van der Waals surface area (Å²) in [5, 5.41) is 12.4. The third-order valence-electron chi connectivity index (χ3n) is 8.19. The van der Waals surface area contributed by atoms with Gasteiger partial charge in [0.25, 0.3) is 0 Å². The molecule has 7 rings (SSSR count). The smallest absolute Gasteiger partial charge is 0.248 e. The van der Waals surface area contributed by atoms with Crippen LogP contribution in [0.1, 0.15) is 41.6 Å². The number of amides is 2. The summed E-state index contributed by atoms with van der Waals surface area (Å²) in [5.74, 6) is 0.108. The van der Waals surface area contributed by atoms with Gasteiger partial charge in [-0.1, -0.05) is 6.07 Å². The number of hydrogen-bond acceptors (Lipinski definition) is 9. The molecule has 5 aromatic rings. The Morgan fingerprint density at radius 2 is 1.88 bits per heavy atom. The van der Waals surface area contributed by atoms with Gasteiger partial charge in [0.2, 0.25) is 17.7 Å². The van der Waals surface area contributed by atoms with Crippen LogP contribution >= 0.6 is 0 Å². The number of carbonyl (C=O) groups is 3. The van der Waals surface area contributed by atoms with Crippen molar-refractivity contribution in [3.05, 3.63) is 59.9 Å². The number of piperidine rings is 1. The van der Waals surface area contributed by atoms with Crippen LogP contribution < -0.4 is 10.1 Å². The van der Waals surface area contributed by atoms with Crippen LogP contribution in [-0.4, -0.2) is 76.0 Å². The van der Waals surface area contributed by atoms with E-state index in [2.05, 4.69) is 30.5 Å². The maximum atomic E-state index is 13.7. The second kappa shape index (κ2) is 9.96. The second-order valence-electron chi connectivity index (χ2n) is 11.2. The van der Waals surface area contributed by atoms with E-state index < -0.39 is 6.04 Å². The fraction of sp³-hybridized carbons (Fsp3) is 0.333. The monoisotopic (exact) mass is 579 g/mol. The third-order valence-corrected chi connectivity index (χ3v) is 8.19. The minimum Gasteiger partial charge on any atom is -0.480 e. The van der Waals surface area contributed by atoms with Gasteiger partial charge in [0.15, 0.2) is 17.2 Å². The van der Waals surface area contributed by atoms with Gasteiger partial charge in [0.1, 0.15) is 18.3 Å². The molecule has 0 unspecified atom stereocenters. The highest BCUT2D eigenvalue weighted by Crippen LogP contribution is 2.48. The van der Waals surface area contributed by atoms with Gasteiger partial charge in [-0.05, 0) is 50.3 Å². The molecule has 1 aliphatic carbocycles. The van der Waals surface area contributed by atoms with Gasteiger partial charge >= 0.3 is 0 Å². The topological polar surface area (TPSA) is 150 Å². The minimum atomic E-state index is -0.639. The van der Waals surface area contributed by atoms with Crippen molar-refractivity contribution in [2.75, 3.05) is 12.4 Å². The Hall–Kier alpha value is -5.20. The summed E-state index contributed by atoms with van der Waals surface area (Å²) >= 11 is 0. The summed E-state index contributed by atoms with van der Waals surface area (Å²) in [6.07, 6.45) is 6.57. The Balaban J connectivity index is 1.15. The van der Waals surface area contributed by atoms with Crippen molar-refractivity contribution in [1.82, 2.24) is 39.2 Å². The van der Waals surface area contributed by atoms with Crippen molar-refractivity contribution in [1.29, 1.82) is 0 Å². The highest BCUT2D eigenvalue weighted by atomic mass is 16.5. The van der Waals surface area contributed by atoms with Crippen LogP contribution in [0.5, 0.6) is 5.88 Å². The average molecular weight is 580 g/mol. The maximum absolute atomic E-state index is 13.7. The van der Waals surface area contributed by atoms with E-state index in [0.717, 1.165) is 28.9 Å². The molecule has 1 aliphatic heterocycles. The minimum absolute atomic E-state index is 0.0101. The summed E-state index contributed by atoms with van der Waals surface area (Å²) in [5.41, 5.74) is 4.82. The predicted octanol–water partition coefficient (Wildman–Crippen LogP) is 2.99. The van der Waals surface area contributed by atoms with E-state index in [9.17, 15) is 14.4 Å². The standard InChI is InChI=1S/C30H29N9O4/c1-15-7-26-32-11-20(13-38(26)35-15)18-5-6-22-21(8-18)28(17(3)40)36-37(22)14-27(41)39-23-9-19(23)10-24(39)29(42)33-25-12-31-16(2)30(34-25)43-4/h5-8,11-13,19,23-24H,9-10,14H2,1-4H3,(H,33,34,42)/t19-,23-,24+/m1/s1. The van der Waals surface area contributed by atoms with Crippen LogP contribution in [0.3, 0.4) is 0 Å². The van der Waals surface area contributed by atoms with Gasteiger partial charge in [-0.3, -0.25) is 24.0 Å². The molecule has 218 valence electrons. The number of aromatic nitrogens is 7. The lowest BCUT2D eigenvalue weighted by Gasteiger charge is -2.26. The first-order valence-corrected chi connectivity index (χ1v) is 14.0. The molecule has 5 heterocycles. The Bertz CT molecular complexity index is 1960. The number of Topliss-reactive ketones (excluding diaryl/α,β-unsaturated/α-hetero) is 1. The summed E-state index contributed by atoms with van der Waals surface area (Å²) in [6.45, 7) is 5.02. The molecule has 13 heteroatoms. The highest BCUT2D eigenvalue weighted by Gasteiger charge is 2.56. The van der Waals surface area contributed by atoms with E-state index in [4.69, 9.17) is 4.74 Å². The molecule has 2 fully saturated rings. The molecule has 1 N–H and O–H groups in total.